The molecular formula is C7H9N3O2. The minimum absolute atomic E-state index is 0.0142. The third-order valence-electron chi connectivity index (χ3n) is 2.02. The Morgan fingerprint density at radius 2 is 2.17 bits per heavy atom. The average molecular weight is 167 g/mol. The van der Waals surface area contributed by atoms with Crippen LogP contribution in [0.15, 0.2) is 12.3 Å². The van der Waals surface area contributed by atoms with E-state index in [0.29, 0.717) is 11.0 Å². The first-order chi connectivity index (χ1) is 5.63. The van der Waals surface area contributed by atoms with Crippen LogP contribution in [0.4, 0.5) is 5.82 Å². The first kappa shape index (κ1) is 6.90. The van der Waals surface area contributed by atoms with Crippen LogP contribution in [0, 0.1) is 0 Å². The van der Waals surface area contributed by atoms with Crippen molar-refractivity contribution in [2.24, 2.45) is 7.05 Å². The molecular weight excluding hydrogens is 158 g/mol. The maximum atomic E-state index is 9.42. The lowest BCUT2D eigenvalue weighted by Gasteiger charge is -1.98. The van der Waals surface area contributed by atoms with Gasteiger partial charge in [-0.2, -0.15) is 4.73 Å². The van der Waals surface area contributed by atoms with E-state index in [0.717, 1.165) is 4.73 Å². The molecule has 0 aromatic carbocycles. The summed E-state index contributed by atoms with van der Waals surface area (Å²) < 4.78 is 2.44. The molecule has 0 unspecified atom stereocenters. The lowest BCUT2D eigenvalue weighted by atomic mass is 10.4. The Hall–Kier alpha value is -1.78. The zero-order valence-electron chi connectivity index (χ0n) is 6.52. The number of aromatic nitrogens is 2. The quantitative estimate of drug-likeness (QED) is 0.500. The van der Waals surface area contributed by atoms with E-state index in [-0.39, 0.29) is 11.6 Å². The van der Waals surface area contributed by atoms with E-state index in [9.17, 15) is 10.3 Å². The van der Waals surface area contributed by atoms with Gasteiger partial charge in [-0.25, -0.2) is 0 Å². The highest BCUT2D eigenvalue weighted by molar-refractivity contribution is 5.90. The molecule has 0 radical (unpaired) electrons. The van der Waals surface area contributed by atoms with E-state index in [1.54, 1.807) is 13.1 Å². The number of anilines is 1. The molecule has 0 bridgehead atoms. The molecule has 0 amide bonds. The fourth-order valence-corrected chi connectivity index (χ4v) is 1.34. The van der Waals surface area contributed by atoms with Crippen molar-refractivity contribution in [2.45, 2.75) is 0 Å². The molecule has 2 heterocycles. The number of hydrogen-bond acceptors (Lipinski definition) is 3. The Labute approximate surface area is 68.2 Å². The van der Waals surface area contributed by atoms with Crippen LogP contribution in [0.2, 0.25) is 0 Å². The van der Waals surface area contributed by atoms with E-state index in [4.69, 9.17) is 5.73 Å². The Bertz CT molecular complexity index is 441. The van der Waals surface area contributed by atoms with Crippen LogP contribution in [0.1, 0.15) is 0 Å². The molecule has 0 spiro atoms. The number of hydrogen-bond donors (Lipinski definition) is 3. The van der Waals surface area contributed by atoms with Crippen molar-refractivity contribution >= 4 is 16.9 Å². The van der Waals surface area contributed by atoms with Crippen molar-refractivity contribution in [1.29, 1.82) is 0 Å². The summed E-state index contributed by atoms with van der Waals surface area (Å²) in [6.45, 7) is 0. The average Bonchev–Trinajstić information content (AvgIpc) is 2.51. The van der Waals surface area contributed by atoms with Gasteiger partial charge in [0.1, 0.15) is 5.82 Å². The lowest BCUT2D eigenvalue weighted by Crippen LogP contribution is -1.99. The maximum Gasteiger partial charge on any atom is 0.167 e. The molecule has 0 aliphatic heterocycles. The second kappa shape index (κ2) is 1.88. The highest BCUT2D eigenvalue weighted by atomic mass is 16.5. The van der Waals surface area contributed by atoms with Gasteiger partial charge in [0, 0.05) is 13.2 Å². The van der Waals surface area contributed by atoms with E-state index in [1.807, 2.05) is 0 Å². The predicted octanol–water partition coefficient (Wildman–Crippen LogP) is 0.505. The molecule has 0 aliphatic carbocycles. The number of nitrogens with two attached hydrogens (primary N) is 1. The van der Waals surface area contributed by atoms with Crippen molar-refractivity contribution in [3.05, 3.63) is 12.3 Å². The number of nitrogens with zero attached hydrogens (tertiary/aromatic N) is 2. The van der Waals surface area contributed by atoms with Crippen LogP contribution in [0.25, 0.3) is 11.0 Å². The molecule has 2 rings (SSSR count). The molecule has 0 saturated heterocycles. The number of aryl methyl sites for hydroxylation is 1. The number of nitrogen functional groups attached to an aromatic ring is 1. The topological polar surface area (TPSA) is 76.3 Å². The van der Waals surface area contributed by atoms with Crippen LogP contribution in [-0.4, -0.2) is 19.6 Å². The summed E-state index contributed by atoms with van der Waals surface area (Å²) in [5, 5.41) is 19.2. The van der Waals surface area contributed by atoms with Crippen molar-refractivity contribution in [3.63, 3.8) is 0 Å². The van der Waals surface area contributed by atoms with Crippen molar-refractivity contribution in [3.8, 4) is 5.75 Å². The fourth-order valence-electron chi connectivity index (χ4n) is 1.34. The van der Waals surface area contributed by atoms with Crippen molar-refractivity contribution in [2.75, 3.05) is 5.73 Å². The lowest BCUT2D eigenvalue weighted by molar-refractivity contribution is 0.197. The van der Waals surface area contributed by atoms with Gasteiger partial charge in [0.05, 0.1) is 5.39 Å². The summed E-state index contributed by atoms with van der Waals surface area (Å²) in [6, 6.07) is 1.60. The normalized spacial score (nSPS) is 11.1. The Balaban J connectivity index is 3.01. The molecule has 5 nitrogen and oxygen atoms in total. The highest BCUT2D eigenvalue weighted by Gasteiger charge is 2.14. The first-order valence-corrected chi connectivity index (χ1v) is 3.46. The molecule has 12 heavy (non-hydrogen) atoms. The van der Waals surface area contributed by atoms with E-state index < -0.39 is 0 Å². The van der Waals surface area contributed by atoms with E-state index in [2.05, 4.69) is 0 Å². The van der Waals surface area contributed by atoms with Gasteiger partial charge >= 0.3 is 0 Å². The minimum atomic E-state index is 0.0142. The molecule has 0 aliphatic rings. The first-order valence-electron chi connectivity index (χ1n) is 3.46. The summed E-state index contributed by atoms with van der Waals surface area (Å²) in [4.78, 5) is 0. The van der Waals surface area contributed by atoms with Crippen LogP contribution < -0.4 is 5.73 Å². The molecule has 64 valence electrons. The molecule has 0 atom stereocenters. The van der Waals surface area contributed by atoms with Gasteiger partial charge in [-0.1, -0.05) is 0 Å². The standard InChI is InChI=1S/C7H9N3O2/c1-9-6(8)5(11)4-2-3-10(12)7(4)9/h2-3,11-12H,8H2,1H3. The Morgan fingerprint density at radius 1 is 1.50 bits per heavy atom. The van der Waals surface area contributed by atoms with Gasteiger partial charge in [-0.3, -0.25) is 0 Å². The largest absolute Gasteiger partial charge is 0.504 e. The number of rotatable bonds is 0. The van der Waals surface area contributed by atoms with Crippen LogP contribution in [0.3, 0.4) is 0 Å². The molecule has 0 fully saturated rings. The zero-order chi connectivity index (χ0) is 8.88. The van der Waals surface area contributed by atoms with Gasteiger partial charge in [0.2, 0.25) is 0 Å². The van der Waals surface area contributed by atoms with Gasteiger partial charge in [-0.15, -0.1) is 0 Å². The van der Waals surface area contributed by atoms with E-state index in [1.165, 1.54) is 10.8 Å². The van der Waals surface area contributed by atoms with Gasteiger partial charge in [0.15, 0.2) is 11.4 Å². The second-order valence-corrected chi connectivity index (χ2v) is 2.69. The summed E-state index contributed by atoms with van der Waals surface area (Å²) in [5.41, 5.74) is 6.01. The summed E-state index contributed by atoms with van der Waals surface area (Å²) in [7, 11) is 1.67. The number of fused-ring (bicyclic) bond motifs is 1. The fraction of sp³-hybridized carbons (Fsp3) is 0.143. The zero-order valence-corrected chi connectivity index (χ0v) is 6.52. The van der Waals surface area contributed by atoms with Gasteiger partial charge in [-0.05, 0) is 6.07 Å². The minimum Gasteiger partial charge on any atom is -0.504 e. The molecule has 2 aromatic rings. The Kier molecular flexibility index (Phi) is 1.08. The van der Waals surface area contributed by atoms with E-state index >= 15 is 0 Å². The summed E-state index contributed by atoms with van der Waals surface area (Å²) in [6.07, 6.45) is 1.45. The van der Waals surface area contributed by atoms with Gasteiger partial charge < -0.3 is 20.6 Å². The summed E-state index contributed by atoms with van der Waals surface area (Å²) >= 11 is 0. The number of aromatic hydroxyl groups is 1. The monoisotopic (exact) mass is 167 g/mol. The van der Waals surface area contributed by atoms with Crippen LogP contribution in [0.5, 0.6) is 5.75 Å². The maximum absolute atomic E-state index is 9.42. The molecule has 2 aromatic heterocycles. The van der Waals surface area contributed by atoms with Crippen molar-refractivity contribution in [1.82, 2.24) is 9.30 Å². The third kappa shape index (κ3) is 0.578. The third-order valence-corrected chi connectivity index (χ3v) is 2.02. The molecule has 0 saturated carbocycles. The van der Waals surface area contributed by atoms with Crippen LogP contribution in [-0.2, 0) is 7.05 Å². The molecule has 4 N–H and O–H groups in total. The summed E-state index contributed by atoms with van der Waals surface area (Å²) in [5.74, 6) is 0.267. The molecule has 5 heteroatoms. The second-order valence-electron chi connectivity index (χ2n) is 2.69. The Morgan fingerprint density at radius 3 is 2.75 bits per heavy atom. The predicted molar refractivity (Wildman–Crippen MR) is 44.2 cm³/mol. The van der Waals surface area contributed by atoms with Crippen LogP contribution >= 0.6 is 0 Å². The van der Waals surface area contributed by atoms with Gasteiger partial charge in [0.25, 0.3) is 0 Å². The highest BCUT2D eigenvalue weighted by Crippen LogP contribution is 2.33. The smallest absolute Gasteiger partial charge is 0.167 e. The van der Waals surface area contributed by atoms with Crippen molar-refractivity contribution < 1.29 is 10.3 Å². The SMILES string of the molecule is Cn1c(N)c(O)c2ccn(O)c21.